The van der Waals surface area contributed by atoms with Crippen molar-refractivity contribution in [3.63, 3.8) is 0 Å². The number of likely N-dealkylation sites (tertiary alicyclic amines) is 1. The van der Waals surface area contributed by atoms with Crippen LogP contribution < -0.4 is 20.1 Å². The third-order valence-electron chi connectivity index (χ3n) is 5.42. The number of nitrogens with one attached hydrogen (secondary N) is 2. The molecule has 2 aliphatic heterocycles. The van der Waals surface area contributed by atoms with Gasteiger partial charge in [-0.05, 0) is 54.7 Å². The van der Waals surface area contributed by atoms with Crippen molar-refractivity contribution in [3.8, 4) is 11.5 Å². The summed E-state index contributed by atoms with van der Waals surface area (Å²) in [5.74, 6) is 2.40. The van der Waals surface area contributed by atoms with Crippen molar-refractivity contribution in [2.45, 2.75) is 32.4 Å². The molecule has 0 unspecified atom stereocenters. The SMILES string of the molecule is CN=C(NCc1ccc(C(=O)N2CCCCC2)cc1)NCc1ccc2c(c1)OCO2. The summed E-state index contributed by atoms with van der Waals surface area (Å²) in [6, 6.07) is 13.7. The second-order valence-electron chi connectivity index (χ2n) is 7.52. The molecule has 2 heterocycles. The maximum atomic E-state index is 12.6. The third-order valence-corrected chi connectivity index (χ3v) is 5.42. The lowest BCUT2D eigenvalue weighted by Gasteiger charge is -2.26. The lowest BCUT2D eigenvalue weighted by atomic mass is 10.1. The molecule has 158 valence electrons. The fourth-order valence-electron chi connectivity index (χ4n) is 3.69. The maximum Gasteiger partial charge on any atom is 0.253 e. The molecule has 2 aromatic carbocycles. The van der Waals surface area contributed by atoms with Gasteiger partial charge >= 0.3 is 0 Å². The van der Waals surface area contributed by atoms with Gasteiger partial charge in [0.2, 0.25) is 6.79 Å². The van der Waals surface area contributed by atoms with Crippen LogP contribution in [0.5, 0.6) is 11.5 Å². The maximum absolute atomic E-state index is 12.6. The van der Waals surface area contributed by atoms with Crippen molar-refractivity contribution in [2.24, 2.45) is 4.99 Å². The standard InChI is InChI=1S/C23H28N4O3/c1-24-23(26-15-18-7-10-20-21(13-18)30-16-29-20)25-14-17-5-8-19(9-6-17)22(28)27-11-3-2-4-12-27/h5-10,13H,2-4,11-12,14-16H2,1H3,(H2,24,25,26). The molecule has 1 fully saturated rings. The first-order valence-corrected chi connectivity index (χ1v) is 10.4. The largest absolute Gasteiger partial charge is 0.454 e. The molecule has 1 amide bonds. The Morgan fingerprint density at radius 3 is 2.33 bits per heavy atom. The van der Waals surface area contributed by atoms with Crippen LogP contribution in [0.15, 0.2) is 47.5 Å². The molecule has 7 heteroatoms. The first kappa shape index (κ1) is 20.1. The molecule has 1 saturated heterocycles. The highest BCUT2D eigenvalue weighted by molar-refractivity contribution is 5.94. The molecule has 2 aliphatic rings. The van der Waals surface area contributed by atoms with Gasteiger partial charge in [0.1, 0.15) is 0 Å². The third kappa shape index (κ3) is 4.84. The zero-order chi connectivity index (χ0) is 20.8. The van der Waals surface area contributed by atoms with Gasteiger partial charge in [0.05, 0.1) is 0 Å². The molecule has 0 bridgehead atoms. The Kier molecular flexibility index (Phi) is 6.37. The predicted octanol–water partition coefficient (Wildman–Crippen LogP) is 2.91. The Labute approximate surface area is 177 Å². The molecule has 0 atom stereocenters. The quantitative estimate of drug-likeness (QED) is 0.588. The summed E-state index contributed by atoms with van der Waals surface area (Å²) in [5.41, 5.74) is 2.94. The lowest BCUT2D eigenvalue weighted by Crippen LogP contribution is -2.36. The van der Waals surface area contributed by atoms with E-state index < -0.39 is 0 Å². The van der Waals surface area contributed by atoms with Crippen molar-refractivity contribution < 1.29 is 14.3 Å². The fraction of sp³-hybridized carbons (Fsp3) is 0.391. The number of carbonyl (C=O) groups is 1. The van der Waals surface area contributed by atoms with Crippen molar-refractivity contribution in [2.75, 3.05) is 26.9 Å². The number of hydrogen-bond donors (Lipinski definition) is 2. The average molecular weight is 409 g/mol. The summed E-state index contributed by atoms with van der Waals surface area (Å²) >= 11 is 0. The number of benzene rings is 2. The molecule has 30 heavy (non-hydrogen) atoms. The normalized spacial score (nSPS) is 15.8. The van der Waals surface area contributed by atoms with Gasteiger partial charge in [0, 0.05) is 38.8 Å². The van der Waals surface area contributed by atoms with Crippen LogP contribution >= 0.6 is 0 Å². The first-order valence-electron chi connectivity index (χ1n) is 10.4. The first-order chi connectivity index (χ1) is 14.7. The number of hydrogen-bond acceptors (Lipinski definition) is 4. The summed E-state index contributed by atoms with van der Waals surface area (Å²) in [4.78, 5) is 18.8. The minimum atomic E-state index is 0.135. The van der Waals surface area contributed by atoms with E-state index in [2.05, 4.69) is 15.6 Å². The average Bonchev–Trinajstić information content (AvgIpc) is 3.27. The van der Waals surface area contributed by atoms with Crippen LogP contribution in [0.4, 0.5) is 0 Å². The minimum Gasteiger partial charge on any atom is -0.454 e. The lowest BCUT2D eigenvalue weighted by molar-refractivity contribution is 0.0724. The molecular weight excluding hydrogens is 380 g/mol. The summed E-state index contributed by atoms with van der Waals surface area (Å²) in [6.45, 7) is 3.26. The molecule has 0 aliphatic carbocycles. The summed E-state index contributed by atoms with van der Waals surface area (Å²) < 4.78 is 10.8. The topological polar surface area (TPSA) is 75.2 Å². The Balaban J connectivity index is 1.27. The highest BCUT2D eigenvalue weighted by Gasteiger charge is 2.18. The molecule has 0 saturated carbocycles. The number of aliphatic imine (C=N–C) groups is 1. The van der Waals surface area contributed by atoms with Crippen LogP contribution in [-0.4, -0.2) is 43.7 Å². The fourth-order valence-corrected chi connectivity index (χ4v) is 3.69. The molecule has 0 radical (unpaired) electrons. The van der Waals surface area contributed by atoms with Crippen LogP contribution in [0.3, 0.4) is 0 Å². The highest BCUT2D eigenvalue weighted by atomic mass is 16.7. The van der Waals surface area contributed by atoms with Gasteiger partial charge in [-0.25, -0.2) is 0 Å². The van der Waals surface area contributed by atoms with Crippen molar-refractivity contribution in [3.05, 3.63) is 59.2 Å². The number of piperidine rings is 1. The van der Waals surface area contributed by atoms with Crippen LogP contribution in [-0.2, 0) is 13.1 Å². The summed E-state index contributed by atoms with van der Waals surface area (Å²) in [7, 11) is 1.75. The van der Waals surface area contributed by atoms with Crippen molar-refractivity contribution in [1.82, 2.24) is 15.5 Å². The molecular formula is C23H28N4O3. The zero-order valence-corrected chi connectivity index (χ0v) is 17.3. The number of guanidine groups is 1. The van der Waals surface area contributed by atoms with Gasteiger partial charge in [-0.2, -0.15) is 0 Å². The van der Waals surface area contributed by atoms with Crippen molar-refractivity contribution in [1.29, 1.82) is 0 Å². The number of ether oxygens (including phenoxy) is 2. The molecule has 2 N–H and O–H groups in total. The number of fused-ring (bicyclic) bond motifs is 1. The van der Waals surface area contributed by atoms with E-state index >= 15 is 0 Å². The predicted molar refractivity (Wildman–Crippen MR) is 116 cm³/mol. The van der Waals surface area contributed by atoms with E-state index in [4.69, 9.17) is 9.47 Å². The van der Waals surface area contributed by atoms with E-state index in [1.165, 1.54) is 6.42 Å². The number of amides is 1. The van der Waals surface area contributed by atoms with Gasteiger partial charge in [-0.15, -0.1) is 0 Å². The Hall–Kier alpha value is -3.22. The molecule has 7 nitrogen and oxygen atoms in total. The van der Waals surface area contributed by atoms with E-state index in [9.17, 15) is 4.79 Å². The zero-order valence-electron chi connectivity index (χ0n) is 17.3. The Bertz CT molecular complexity index is 905. The van der Waals surface area contributed by atoms with Gasteiger partial charge in [0.15, 0.2) is 17.5 Å². The van der Waals surface area contributed by atoms with Gasteiger partial charge in [-0.3, -0.25) is 9.79 Å². The van der Waals surface area contributed by atoms with Gasteiger partial charge in [-0.1, -0.05) is 18.2 Å². The summed E-state index contributed by atoms with van der Waals surface area (Å²) in [6.07, 6.45) is 3.43. The summed E-state index contributed by atoms with van der Waals surface area (Å²) in [5, 5.41) is 6.61. The van der Waals surface area contributed by atoms with Crippen LogP contribution in [0.1, 0.15) is 40.7 Å². The highest BCUT2D eigenvalue weighted by Crippen LogP contribution is 2.32. The number of rotatable bonds is 5. The Morgan fingerprint density at radius 1 is 0.933 bits per heavy atom. The van der Waals surface area contributed by atoms with Crippen LogP contribution in [0, 0.1) is 0 Å². The van der Waals surface area contributed by atoms with Crippen molar-refractivity contribution >= 4 is 11.9 Å². The Morgan fingerprint density at radius 2 is 1.60 bits per heavy atom. The second-order valence-corrected chi connectivity index (χ2v) is 7.52. The minimum absolute atomic E-state index is 0.135. The van der Waals surface area contributed by atoms with Gasteiger partial charge < -0.3 is 25.0 Å². The monoisotopic (exact) mass is 408 g/mol. The van der Waals surface area contributed by atoms with E-state index in [1.54, 1.807) is 7.05 Å². The van der Waals surface area contributed by atoms with E-state index in [0.29, 0.717) is 19.0 Å². The van der Waals surface area contributed by atoms with Crippen LogP contribution in [0.2, 0.25) is 0 Å². The number of carbonyl (C=O) groups excluding carboxylic acids is 1. The molecule has 0 spiro atoms. The molecule has 0 aromatic heterocycles. The van der Waals surface area contributed by atoms with Crippen LogP contribution in [0.25, 0.3) is 0 Å². The number of nitrogens with zero attached hydrogens (tertiary/aromatic N) is 2. The second kappa shape index (κ2) is 9.52. The van der Waals surface area contributed by atoms with E-state index in [0.717, 1.165) is 54.1 Å². The molecule has 4 rings (SSSR count). The smallest absolute Gasteiger partial charge is 0.253 e. The van der Waals surface area contributed by atoms with Gasteiger partial charge in [0.25, 0.3) is 5.91 Å². The van der Waals surface area contributed by atoms with E-state index in [1.807, 2.05) is 47.4 Å². The van der Waals surface area contributed by atoms with E-state index in [-0.39, 0.29) is 12.7 Å². The molecule has 2 aromatic rings.